The van der Waals surface area contributed by atoms with Gasteiger partial charge in [0.25, 0.3) is 0 Å². The molecule has 0 aromatic heterocycles. The SMILES string of the molecule is CCCNS(=O)(=O)CC1OCCC12CN(C(=O)OC(C)(C)C)C2. The average Bonchev–Trinajstić information content (AvgIpc) is 2.75. The van der Waals surface area contributed by atoms with Crippen LogP contribution in [0.15, 0.2) is 0 Å². The van der Waals surface area contributed by atoms with Crippen molar-refractivity contribution in [1.29, 1.82) is 0 Å². The van der Waals surface area contributed by atoms with Gasteiger partial charge in [-0.2, -0.15) is 0 Å². The van der Waals surface area contributed by atoms with Crippen LogP contribution in [0, 0.1) is 5.41 Å². The Kier molecular flexibility index (Phi) is 5.27. The normalized spacial score (nSPS) is 23.8. The summed E-state index contributed by atoms with van der Waals surface area (Å²) in [7, 11) is -3.35. The van der Waals surface area contributed by atoms with E-state index in [0.29, 0.717) is 26.2 Å². The molecule has 2 fully saturated rings. The number of sulfonamides is 1. The zero-order valence-electron chi connectivity index (χ0n) is 14.4. The van der Waals surface area contributed by atoms with Gasteiger partial charge in [-0.05, 0) is 33.6 Å². The van der Waals surface area contributed by atoms with E-state index in [1.807, 2.05) is 27.7 Å². The van der Waals surface area contributed by atoms with Gasteiger partial charge in [0.2, 0.25) is 10.0 Å². The molecule has 2 heterocycles. The molecule has 2 saturated heterocycles. The Hall–Kier alpha value is -0.860. The molecular weight excluding hydrogens is 320 g/mol. The number of likely N-dealkylation sites (tertiary alicyclic amines) is 1. The topological polar surface area (TPSA) is 84.9 Å². The first-order valence-electron chi connectivity index (χ1n) is 8.14. The number of nitrogens with one attached hydrogen (secondary N) is 1. The summed E-state index contributed by atoms with van der Waals surface area (Å²) >= 11 is 0. The van der Waals surface area contributed by atoms with Gasteiger partial charge in [0.15, 0.2) is 0 Å². The maximum absolute atomic E-state index is 12.1. The Morgan fingerprint density at radius 1 is 1.39 bits per heavy atom. The number of nitrogens with zero attached hydrogens (tertiary/aromatic N) is 1. The second-order valence-corrected chi connectivity index (χ2v) is 9.34. The molecule has 7 nitrogen and oxygen atoms in total. The lowest BCUT2D eigenvalue weighted by atomic mass is 9.74. The van der Waals surface area contributed by atoms with Gasteiger partial charge in [-0.3, -0.25) is 0 Å². The second kappa shape index (κ2) is 6.57. The van der Waals surface area contributed by atoms with Crippen molar-refractivity contribution < 1.29 is 22.7 Å². The summed E-state index contributed by atoms with van der Waals surface area (Å²) in [6, 6.07) is 0. The van der Waals surface area contributed by atoms with Crippen LogP contribution < -0.4 is 4.72 Å². The molecule has 0 aromatic rings. The highest BCUT2D eigenvalue weighted by molar-refractivity contribution is 7.89. The zero-order valence-corrected chi connectivity index (χ0v) is 15.2. The third-order valence-corrected chi connectivity index (χ3v) is 5.59. The molecule has 1 unspecified atom stereocenters. The van der Waals surface area contributed by atoms with E-state index in [-0.39, 0.29) is 23.4 Å². The highest BCUT2D eigenvalue weighted by Gasteiger charge is 2.55. The van der Waals surface area contributed by atoms with Gasteiger partial charge in [0, 0.05) is 31.7 Å². The second-order valence-electron chi connectivity index (χ2n) is 7.48. The minimum Gasteiger partial charge on any atom is -0.444 e. The van der Waals surface area contributed by atoms with E-state index in [2.05, 4.69) is 4.72 Å². The Bertz CT molecular complexity index is 535. The molecular formula is C15H28N2O5S. The van der Waals surface area contributed by atoms with Crippen LogP contribution in [-0.4, -0.2) is 63.1 Å². The Morgan fingerprint density at radius 2 is 2.04 bits per heavy atom. The van der Waals surface area contributed by atoms with Crippen molar-refractivity contribution in [3.05, 3.63) is 0 Å². The Balaban J connectivity index is 1.92. The summed E-state index contributed by atoms with van der Waals surface area (Å²) in [6.07, 6.45) is 0.819. The van der Waals surface area contributed by atoms with Crippen molar-refractivity contribution in [1.82, 2.24) is 9.62 Å². The maximum atomic E-state index is 12.1. The van der Waals surface area contributed by atoms with E-state index in [0.717, 1.165) is 12.8 Å². The predicted molar refractivity (Wildman–Crippen MR) is 86.7 cm³/mol. The average molecular weight is 348 g/mol. The molecule has 2 rings (SSSR count). The molecule has 1 spiro atoms. The van der Waals surface area contributed by atoms with Crippen LogP contribution in [0.2, 0.25) is 0 Å². The molecule has 1 N–H and O–H groups in total. The standard InChI is InChI=1S/C15H28N2O5S/c1-5-7-16-23(19,20)9-12-15(6-8-21-12)10-17(11-15)13(18)22-14(2,3)4/h12,16H,5-11H2,1-4H3. The van der Waals surface area contributed by atoms with E-state index in [1.165, 1.54) is 0 Å². The molecule has 8 heteroatoms. The zero-order chi connectivity index (χ0) is 17.3. The van der Waals surface area contributed by atoms with Crippen LogP contribution in [0.25, 0.3) is 0 Å². The molecule has 0 radical (unpaired) electrons. The van der Waals surface area contributed by atoms with E-state index in [4.69, 9.17) is 9.47 Å². The van der Waals surface area contributed by atoms with E-state index in [1.54, 1.807) is 4.90 Å². The minimum atomic E-state index is -3.35. The van der Waals surface area contributed by atoms with Gasteiger partial charge < -0.3 is 14.4 Å². The molecule has 1 amide bonds. The van der Waals surface area contributed by atoms with Crippen LogP contribution in [-0.2, 0) is 19.5 Å². The lowest BCUT2D eigenvalue weighted by molar-refractivity contribution is -0.0596. The van der Waals surface area contributed by atoms with Crippen LogP contribution in [0.5, 0.6) is 0 Å². The van der Waals surface area contributed by atoms with Crippen molar-refractivity contribution in [2.75, 3.05) is 32.0 Å². The number of ether oxygens (including phenoxy) is 2. The molecule has 0 aliphatic carbocycles. The molecule has 0 aromatic carbocycles. The molecule has 2 aliphatic rings. The number of carbonyl (C=O) groups excluding carboxylic acids is 1. The minimum absolute atomic E-state index is 0.0465. The van der Waals surface area contributed by atoms with E-state index >= 15 is 0 Å². The third kappa shape index (κ3) is 4.58. The van der Waals surface area contributed by atoms with Crippen molar-refractivity contribution in [2.45, 2.75) is 52.2 Å². The van der Waals surface area contributed by atoms with Gasteiger partial charge in [-0.15, -0.1) is 0 Å². The number of rotatable bonds is 5. The molecule has 0 saturated carbocycles. The van der Waals surface area contributed by atoms with Crippen LogP contribution in [0.4, 0.5) is 4.79 Å². The van der Waals surface area contributed by atoms with Gasteiger partial charge in [-0.25, -0.2) is 17.9 Å². The quantitative estimate of drug-likeness (QED) is 0.810. The Labute approximate surface area is 138 Å². The molecule has 1 atom stereocenters. The smallest absolute Gasteiger partial charge is 0.410 e. The summed E-state index contributed by atoms with van der Waals surface area (Å²) in [5.74, 6) is -0.0465. The first-order valence-corrected chi connectivity index (χ1v) is 9.79. The maximum Gasteiger partial charge on any atom is 0.410 e. The lowest BCUT2D eigenvalue weighted by Crippen LogP contribution is -2.63. The summed E-state index contributed by atoms with van der Waals surface area (Å²) < 4.78 is 37.7. The largest absolute Gasteiger partial charge is 0.444 e. The number of hydrogen-bond acceptors (Lipinski definition) is 5. The monoisotopic (exact) mass is 348 g/mol. The summed E-state index contributed by atoms with van der Waals surface area (Å²) in [6.45, 7) is 9.37. The lowest BCUT2D eigenvalue weighted by Gasteiger charge is -2.49. The van der Waals surface area contributed by atoms with E-state index in [9.17, 15) is 13.2 Å². The predicted octanol–water partition coefficient (Wildman–Crippen LogP) is 1.34. The van der Waals surface area contributed by atoms with Crippen molar-refractivity contribution >= 4 is 16.1 Å². The molecule has 134 valence electrons. The summed E-state index contributed by atoms with van der Waals surface area (Å²) in [4.78, 5) is 13.7. The molecule has 2 aliphatic heterocycles. The molecule has 0 bridgehead atoms. The van der Waals surface area contributed by atoms with Crippen LogP contribution in [0.3, 0.4) is 0 Å². The number of amides is 1. The van der Waals surface area contributed by atoms with Gasteiger partial charge in [-0.1, -0.05) is 6.92 Å². The van der Waals surface area contributed by atoms with Gasteiger partial charge in [0.05, 0.1) is 11.9 Å². The van der Waals surface area contributed by atoms with Crippen molar-refractivity contribution in [2.24, 2.45) is 5.41 Å². The van der Waals surface area contributed by atoms with Gasteiger partial charge in [0.1, 0.15) is 5.60 Å². The van der Waals surface area contributed by atoms with Crippen LogP contribution in [0.1, 0.15) is 40.5 Å². The number of carbonyl (C=O) groups is 1. The third-order valence-electron chi connectivity index (χ3n) is 4.21. The fraction of sp³-hybridized carbons (Fsp3) is 0.933. The van der Waals surface area contributed by atoms with E-state index < -0.39 is 15.6 Å². The highest BCUT2D eigenvalue weighted by atomic mass is 32.2. The van der Waals surface area contributed by atoms with Gasteiger partial charge >= 0.3 is 6.09 Å². The van der Waals surface area contributed by atoms with Crippen molar-refractivity contribution in [3.8, 4) is 0 Å². The summed E-state index contributed by atoms with van der Waals surface area (Å²) in [5.41, 5.74) is -0.781. The number of hydrogen-bond donors (Lipinski definition) is 1. The Morgan fingerprint density at radius 3 is 2.61 bits per heavy atom. The van der Waals surface area contributed by atoms with Crippen molar-refractivity contribution in [3.63, 3.8) is 0 Å². The summed E-state index contributed by atoms with van der Waals surface area (Å²) in [5, 5.41) is 0. The highest BCUT2D eigenvalue weighted by Crippen LogP contribution is 2.44. The fourth-order valence-electron chi connectivity index (χ4n) is 3.01. The first kappa shape index (κ1) is 18.5. The molecule has 23 heavy (non-hydrogen) atoms. The fourth-order valence-corrected chi connectivity index (χ4v) is 4.50. The first-order chi connectivity index (χ1) is 10.6. The van der Waals surface area contributed by atoms with Crippen LogP contribution >= 0.6 is 0 Å².